The molecule has 0 atom stereocenters. The summed E-state index contributed by atoms with van der Waals surface area (Å²) in [6, 6.07) is 6.32. The highest BCUT2D eigenvalue weighted by molar-refractivity contribution is 5.26. The molecule has 0 aromatic carbocycles. The molecule has 90 valence electrons. The first kappa shape index (κ1) is 11.9. The fourth-order valence-electron chi connectivity index (χ4n) is 1.95. The van der Waals surface area contributed by atoms with E-state index in [0.29, 0.717) is 0 Å². The number of nitrogens with one attached hydrogen (secondary N) is 1. The molecule has 0 saturated carbocycles. The quantitative estimate of drug-likeness (QED) is 0.872. The van der Waals surface area contributed by atoms with Crippen molar-refractivity contribution in [1.29, 1.82) is 0 Å². The molecule has 0 saturated heterocycles. The summed E-state index contributed by atoms with van der Waals surface area (Å²) in [6.45, 7) is 6.10. The molecule has 0 bridgehead atoms. The van der Waals surface area contributed by atoms with Crippen molar-refractivity contribution >= 4 is 0 Å². The van der Waals surface area contributed by atoms with Gasteiger partial charge in [-0.2, -0.15) is 0 Å². The van der Waals surface area contributed by atoms with E-state index >= 15 is 0 Å². The van der Waals surface area contributed by atoms with Crippen molar-refractivity contribution in [2.45, 2.75) is 26.9 Å². The molecular formula is C14H19N3. The topological polar surface area (TPSA) is 29.9 Å². The van der Waals surface area contributed by atoms with Crippen molar-refractivity contribution in [2.24, 2.45) is 7.05 Å². The lowest BCUT2D eigenvalue weighted by molar-refractivity contribution is 0.686. The largest absolute Gasteiger partial charge is 0.352 e. The van der Waals surface area contributed by atoms with Gasteiger partial charge in [0.05, 0.1) is 0 Å². The molecule has 3 heteroatoms. The zero-order valence-corrected chi connectivity index (χ0v) is 10.7. The summed E-state index contributed by atoms with van der Waals surface area (Å²) in [6.07, 6.45) is 3.66. The Morgan fingerprint density at radius 2 is 1.88 bits per heavy atom. The van der Waals surface area contributed by atoms with Gasteiger partial charge in [0.25, 0.3) is 0 Å². The van der Waals surface area contributed by atoms with Gasteiger partial charge >= 0.3 is 0 Å². The van der Waals surface area contributed by atoms with Gasteiger partial charge in [0, 0.05) is 43.9 Å². The van der Waals surface area contributed by atoms with Crippen LogP contribution in [-0.4, -0.2) is 9.55 Å². The van der Waals surface area contributed by atoms with Gasteiger partial charge < -0.3 is 9.88 Å². The Hall–Kier alpha value is -1.61. The van der Waals surface area contributed by atoms with Crippen molar-refractivity contribution in [1.82, 2.24) is 14.9 Å². The Morgan fingerprint density at radius 1 is 1.18 bits per heavy atom. The Balaban J connectivity index is 1.92. The molecule has 0 unspecified atom stereocenters. The molecule has 0 radical (unpaired) electrons. The van der Waals surface area contributed by atoms with E-state index in [-0.39, 0.29) is 0 Å². The Labute approximate surface area is 103 Å². The average molecular weight is 229 g/mol. The minimum absolute atomic E-state index is 0.885. The second kappa shape index (κ2) is 5.15. The lowest BCUT2D eigenvalue weighted by Crippen LogP contribution is -2.13. The number of nitrogens with zero attached hydrogens (tertiary/aromatic N) is 2. The number of pyridine rings is 1. The van der Waals surface area contributed by atoms with Crippen LogP contribution in [0.5, 0.6) is 0 Å². The van der Waals surface area contributed by atoms with Crippen molar-refractivity contribution in [3.05, 3.63) is 53.1 Å². The van der Waals surface area contributed by atoms with Gasteiger partial charge in [-0.3, -0.25) is 4.98 Å². The Morgan fingerprint density at radius 3 is 2.47 bits per heavy atom. The van der Waals surface area contributed by atoms with Gasteiger partial charge in [0.15, 0.2) is 0 Å². The summed E-state index contributed by atoms with van der Waals surface area (Å²) in [5, 5.41) is 3.46. The van der Waals surface area contributed by atoms with Crippen LogP contribution in [0.1, 0.15) is 22.5 Å². The highest BCUT2D eigenvalue weighted by Gasteiger charge is 2.04. The summed E-state index contributed by atoms with van der Waals surface area (Å²) >= 11 is 0. The van der Waals surface area contributed by atoms with Gasteiger partial charge in [0.1, 0.15) is 0 Å². The molecule has 1 N–H and O–H groups in total. The van der Waals surface area contributed by atoms with E-state index in [9.17, 15) is 0 Å². The third-order valence-electron chi connectivity index (χ3n) is 3.27. The van der Waals surface area contributed by atoms with Crippen molar-refractivity contribution in [3.63, 3.8) is 0 Å². The van der Waals surface area contributed by atoms with Crippen molar-refractivity contribution in [3.8, 4) is 0 Å². The predicted octanol–water partition coefficient (Wildman–Crippen LogP) is 2.33. The van der Waals surface area contributed by atoms with Gasteiger partial charge in [0.2, 0.25) is 0 Å². The molecule has 2 rings (SSSR count). The van der Waals surface area contributed by atoms with Crippen molar-refractivity contribution < 1.29 is 0 Å². The molecule has 0 fully saturated rings. The minimum atomic E-state index is 0.885. The Bertz CT molecular complexity index is 486. The predicted molar refractivity (Wildman–Crippen MR) is 69.7 cm³/mol. The normalized spacial score (nSPS) is 10.8. The van der Waals surface area contributed by atoms with E-state index in [1.807, 2.05) is 24.5 Å². The molecule has 0 aliphatic heterocycles. The number of aromatic nitrogens is 2. The highest BCUT2D eigenvalue weighted by Crippen LogP contribution is 2.12. The van der Waals surface area contributed by atoms with E-state index in [1.54, 1.807) is 0 Å². The minimum Gasteiger partial charge on any atom is -0.352 e. The van der Waals surface area contributed by atoms with Crippen LogP contribution in [0.3, 0.4) is 0 Å². The maximum Gasteiger partial charge on any atom is 0.0271 e. The molecule has 2 aromatic heterocycles. The number of rotatable bonds is 4. The molecule has 0 amide bonds. The first-order valence-corrected chi connectivity index (χ1v) is 5.90. The van der Waals surface area contributed by atoms with E-state index in [0.717, 1.165) is 13.1 Å². The van der Waals surface area contributed by atoms with Crippen LogP contribution in [0.25, 0.3) is 0 Å². The number of hydrogen-bond acceptors (Lipinski definition) is 2. The van der Waals surface area contributed by atoms with Crippen LogP contribution in [0, 0.1) is 13.8 Å². The highest BCUT2D eigenvalue weighted by atomic mass is 15.0. The molecule has 0 spiro atoms. The zero-order chi connectivity index (χ0) is 12.3. The van der Waals surface area contributed by atoms with E-state index in [1.165, 1.54) is 22.5 Å². The van der Waals surface area contributed by atoms with Crippen LogP contribution in [-0.2, 0) is 20.1 Å². The lowest BCUT2D eigenvalue weighted by atomic mass is 10.2. The van der Waals surface area contributed by atoms with Crippen LogP contribution in [0.2, 0.25) is 0 Å². The zero-order valence-electron chi connectivity index (χ0n) is 10.7. The van der Waals surface area contributed by atoms with Crippen LogP contribution >= 0.6 is 0 Å². The van der Waals surface area contributed by atoms with Gasteiger partial charge in [-0.1, -0.05) is 0 Å². The maximum atomic E-state index is 4.01. The summed E-state index contributed by atoms with van der Waals surface area (Å²) < 4.78 is 2.23. The van der Waals surface area contributed by atoms with E-state index in [2.05, 4.69) is 41.8 Å². The smallest absolute Gasteiger partial charge is 0.0271 e. The first-order chi connectivity index (χ1) is 8.18. The van der Waals surface area contributed by atoms with Crippen LogP contribution in [0.4, 0.5) is 0 Å². The molecule has 17 heavy (non-hydrogen) atoms. The van der Waals surface area contributed by atoms with Gasteiger partial charge in [-0.15, -0.1) is 0 Å². The molecule has 2 aromatic rings. The summed E-state index contributed by atoms with van der Waals surface area (Å²) in [7, 11) is 2.11. The van der Waals surface area contributed by atoms with E-state index in [4.69, 9.17) is 0 Å². The molecule has 0 aliphatic rings. The third-order valence-corrected chi connectivity index (χ3v) is 3.27. The molecule has 2 heterocycles. The average Bonchev–Trinajstić information content (AvgIpc) is 2.59. The maximum absolute atomic E-state index is 4.01. The van der Waals surface area contributed by atoms with Crippen LogP contribution in [0.15, 0.2) is 30.6 Å². The van der Waals surface area contributed by atoms with Crippen molar-refractivity contribution in [2.75, 3.05) is 0 Å². The Kier molecular flexibility index (Phi) is 3.59. The first-order valence-electron chi connectivity index (χ1n) is 5.90. The number of hydrogen-bond donors (Lipinski definition) is 1. The van der Waals surface area contributed by atoms with Crippen LogP contribution < -0.4 is 5.32 Å². The molecular weight excluding hydrogens is 210 g/mol. The third kappa shape index (κ3) is 2.74. The molecule has 3 nitrogen and oxygen atoms in total. The second-order valence-corrected chi connectivity index (χ2v) is 4.41. The molecule has 0 aliphatic carbocycles. The summed E-state index contributed by atoms with van der Waals surface area (Å²) in [5.41, 5.74) is 5.29. The second-order valence-electron chi connectivity index (χ2n) is 4.41. The number of aryl methyl sites for hydroxylation is 1. The lowest BCUT2D eigenvalue weighted by Gasteiger charge is -2.05. The van der Waals surface area contributed by atoms with Gasteiger partial charge in [-0.05, 0) is 43.2 Å². The SMILES string of the molecule is Cc1cc(CNCc2ccncc2)c(C)n1C. The van der Waals surface area contributed by atoms with E-state index < -0.39 is 0 Å². The fraction of sp³-hybridized carbons (Fsp3) is 0.357. The fourth-order valence-corrected chi connectivity index (χ4v) is 1.95. The summed E-state index contributed by atoms with van der Waals surface area (Å²) in [4.78, 5) is 4.01. The standard InChI is InChI=1S/C14H19N3/c1-11-8-14(12(2)17(11)3)10-16-9-13-4-6-15-7-5-13/h4-8,16H,9-10H2,1-3H3. The monoisotopic (exact) mass is 229 g/mol. The van der Waals surface area contributed by atoms with Gasteiger partial charge in [-0.25, -0.2) is 0 Å². The summed E-state index contributed by atoms with van der Waals surface area (Å²) in [5.74, 6) is 0.